The summed E-state index contributed by atoms with van der Waals surface area (Å²) in [5.74, 6) is 0. The van der Waals surface area contributed by atoms with Gasteiger partial charge >= 0.3 is 0 Å². The highest BCUT2D eigenvalue weighted by Crippen LogP contribution is 2.43. The average molecular weight is 478 g/mol. The molecular formula is C6H9I3O. The Hall–Kier alpha value is 2.15. The summed E-state index contributed by atoms with van der Waals surface area (Å²) < 4.78 is 6.13. The second-order valence-corrected chi connectivity index (χ2v) is 7.96. The standard InChI is InChI=1S/C6H9I3O/c7-5(8)6(10-9)3-1-2-4-6/h5H,1-4H2. The molecule has 1 saturated carbocycles. The van der Waals surface area contributed by atoms with Gasteiger partial charge in [-0.1, -0.05) is 58.0 Å². The van der Waals surface area contributed by atoms with E-state index in [4.69, 9.17) is 3.07 Å². The summed E-state index contributed by atoms with van der Waals surface area (Å²) in [4.78, 5) is 0. The first-order chi connectivity index (χ1) is 4.71. The van der Waals surface area contributed by atoms with Crippen LogP contribution in [0.25, 0.3) is 0 Å². The highest BCUT2D eigenvalue weighted by Gasteiger charge is 2.39. The van der Waals surface area contributed by atoms with E-state index >= 15 is 0 Å². The molecule has 0 aliphatic heterocycles. The topological polar surface area (TPSA) is 9.23 Å². The van der Waals surface area contributed by atoms with Gasteiger partial charge in [-0.2, -0.15) is 0 Å². The van der Waals surface area contributed by atoms with E-state index in [1.807, 2.05) is 23.0 Å². The van der Waals surface area contributed by atoms with Crippen LogP contribution in [-0.4, -0.2) is 7.53 Å². The van der Waals surface area contributed by atoms with Crippen molar-refractivity contribution in [2.24, 2.45) is 0 Å². The van der Waals surface area contributed by atoms with Gasteiger partial charge in [-0.15, -0.1) is 0 Å². The average Bonchev–Trinajstić information content (AvgIpc) is 2.35. The Kier molecular flexibility index (Phi) is 4.51. The minimum absolute atomic E-state index is 0.196. The van der Waals surface area contributed by atoms with Crippen LogP contribution < -0.4 is 0 Å². The first-order valence-electron chi connectivity index (χ1n) is 3.29. The highest BCUT2D eigenvalue weighted by molar-refractivity contribution is 14.2. The van der Waals surface area contributed by atoms with Crippen molar-refractivity contribution in [3.8, 4) is 0 Å². The van der Waals surface area contributed by atoms with Crippen molar-refractivity contribution in [3.63, 3.8) is 0 Å². The third-order valence-corrected chi connectivity index (χ3v) is 5.15. The van der Waals surface area contributed by atoms with Crippen molar-refractivity contribution in [1.29, 1.82) is 0 Å². The Morgan fingerprint density at radius 2 is 1.70 bits per heavy atom. The molecule has 1 aliphatic rings. The fourth-order valence-corrected chi connectivity index (χ4v) is 4.47. The SMILES string of the molecule is IOC1(C(I)I)CCCC1. The summed E-state index contributed by atoms with van der Waals surface area (Å²) in [5.41, 5.74) is 0.196. The molecule has 0 bridgehead atoms. The molecule has 0 heterocycles. The maximum Gasteiger partial charge on any atom is 0.110 e. The number of hydrogen-bond acceptors (Lipinski definition) is 1. The second-order valence-electron chi connectivity index (χ2n) is 2.65. The molecule has 0 aromatic carbocycles. The number of rotatable bonds is 2. The summed E-state index contributed by atoms with van der Waals surface area (Å²) in [6.45, 7) is 0. The largest absolute Gasteiger partial charge is 0.307 e. The van der Waals surface area contributed by atoms with Crippen LogP contribution in [0.3, 0.4) is 0 Å². The monoisotopic (exact) mass is 478 g/mol. The summed E-state index contributed by atoms with van der Waals surface area (Å²) in [6, 6.07) is 0. The molecule has 10 heavy (non-hydrogen) atoms. The van der Waals surface area contributed by atoms with Gasteiger partial charge in [0.15, 0.2) is 0 Å². The maximum absolute atomic E-state index is 5.52. The molecule has 0 aromatic rings. The van der Waals surface area contributed by atoms with Crippen LogP contribution in [0.5, 0.6) is 0 Å². The van der Waals surface area contributed by atoms with E-state index in [0.717, 1.165) is 0 Å². The minimum Gasteiger partial charge on any atom is -0.307 e. The molecule has 1 nitrogen and oxygen atoms in total. The van der Waals surface area contributed by atoms with Gasteiger partial charge in [-0.3, -0.25) is 0 Å². The van der Waals surface area contributed by atoms with Crippen LogP contribution >= 0.6 is 68.2 Å². The van der Waals surface area contributed by atoms with Crippen LogP contribution in [0.2, 0.25) is 0 Å². The summed E-state index contributed by atoms with van der Waals surface area (Å²) in [7, 11) is 0. The van der Waals surface area contributed by atoms with Crippen LogP contribution in [0.15, 0.2) is 0 Å². The van der Waals surface area contributed by atoms with Gasteiger partial charge in [-0.25, -0.2) is 0 Å². The molecule has 0 radical (unpaired) electrons. The van der Waals surface area contributed by atoms with Crippen LogP contribution in [-0.2, 0) is 3.07 Å². The molecule has 1 fully saturated rings. The van der Waals surface area contributed by atoms with Crippen molar-refractivity contribution >= 4 is 68.2 Å². The lowest BCUT2D eigenvalue weighted by molar-refractivity contribution is 0.164. The Bertz CT molecular complexity index is 110. The molecule has 0 N–H and O–H groups in total. The smallest absolute Gasteiger partial charge is 0.110 e. The fourth-order valence-electron chi connectivity index (χ4n) is 1.30. The zero-order valence-corrected chi connectivity index (χ0v) is 11.9. The molecule has 0 atom stereocenters. The van der Waals surface area contributed by atoms with Gasteiger partial charge in [0.1, 0.15) is 28.6 Å². The van der Waals surface area contributed by atoms with Crippen LogP contribution in [0.4, 0.5) is 0 Å². The number of hydrogen-bond donors (Lipinski definition) is 0. The highest BCUT2D eigenvalue weighted by atomic mass is 127. The van der Waals surface area contributed by atoms with E-state index in [9.17, 15) is 0 Å². The summed E-state index contributed by atoms with van der Waals surface area (Å²) in [6.07, 6.45) is 5.16. The van der Waals surface area contributed by atoms with E-state index in [0.29, 0.717) is 1.93 Å². The zero-order chi connectivity index (χ0) is 7.61. The quantitative estimate of drug-likeness (QED) is 0.433. The van der Waals surface area contributed by atoms with Gasteiger partial charge in [0.25, 0.3) is 0 Å². The lowest BCUT2D eigenvalue weighted by atomic mass is 10.1. The second kappa shape index (κ2) is 4.40. The predicted molar refractivity (Wildman–Crippen MR) is 68.1 cm³/mol. The normalized spacial score (nSPS) is 24.0. The summed E-state index contributed by atoms with van der Waals surface area (Å²) in [5, 5.41) is 0. The Morgan fingerprint density at radius 3 is 1.90 bits per heavy atom. The molecule has 1 rings (SSSR count). The molecule has 0 amide bonds. The van der Waals surface area contributed by atoms with Gasteiger partial charge in [0, 0.05) is 0 Å². The van der Waals surface area contributed by atoms with E-state index in [1.54, 1.807) is 0 Å². The molecule has 60 valence electrons. The van der Waals surface area contributed by atoms with Crippen molar-refractivity contribution in [1.82, 2.24) is 0 Å². The van der Waals surface area contributed by atoms with Crippen LogP contribution in [0, 0.1) is 0 Å². The van der Waals surface area contributed by atoms with Crippen molar-refractivity contribution in [3.05, 3.63) is 0 Å². The Labute approximate surface area is 103 Å². The fraction of sp³-hybridized carbons (Fsp3) is 1.00. The first kappa shape index (κ1) is 10.2. The molecule has 1 aliphatic carbocycles. The summed E-state index contributed by atoms with van der Waals surface area (Å²) >= 11 is 6.96. The lowest BCUT2D eigenvalue weighted by Gasteiger charge is -2.27. The van der Waals surface area contributed by atoms with Crippen molar-refractivity contribution < 1.29 is 3.07 Å². The predicted octanol–water partition coefficient (Wildman–Crippen LogP) is 3.86. The van der Waals surface area contributed by atoms with Gasteiger partial charge < -0.3 is 3.07 Å². The Morgan fingerprint density at radius 1 is 1.20 bits per heavy atom. The van der Waals surface area contributed by atoms with Gasteiger partial charge in [0.05, 0.1) is 1.93 Å². The van der Waals surface area contributed by atoms with Crippen LogP contribution in [0.1, 0.15) is 25.7 Å². The molecule has 4 heteroatoms. The molecule has 0 unspecified atom stereocenters. The van der Waals surface area contributed by atoms with E-state index in [-0.39, 0.29) is 5.60 Å². The zero-order valence-electron chi connectivity index (χ0n) is 5.45. The molecular weight excluding hydrogens is 469 g/mol. The van der Waals surface area contributed by atoms with Crippen molar-refractivity contribution in [2.45, 2.75) is 33.2 Å². The van der Waals surface area contributed by atoms with Crippen molar-refractivity contribution in [2.75, 3.05) is 0 Å². The molecule has 0 aromatic heterocycles. The molecule has 0 saturated heterocycles. The van der Waals surface area contributed by atoms with Gasteiger partial charge in [0.2, 0.25) is 0 Å². The van der Waals surface area contributed by atoms with E-state index in [1.165, 1.54) is 25.7 Å². The third kappa shape index (κ3) is 2.09. The molecule has 0 spiro atoms. The number of alkyl halides is 2. The third-order valence-electron chi connectivity index (χ3n) is 2.00. The van der Waals surface area contributed by atoms with Gasteiger partial charge in [-0.05, 0) is 12.8 Å². The first-order valence-corrected chi connectivity index (χ1v) is 6.66. The maximum atomic E-state index is 5.52. The lowest BCUT2D eigenvalue weighted by Crippen LogP contribution is -2.31. The minimum atomic E-state index is 0.196. The van der Waals surface area contributed by atoms with E-state index in [2.05, 4.69) is 45.2 Å². The van der Waals surface area contributed by atoms with E-state index < -0.39 is 0 Å². The number of halogens is 3. The Balaban J connectivity index is 2.58.